The molecule has 0 spiro atoms. The first-order chi connectivity index (χ1) is 17.8. The highest BCUT2D eigenvalue weighted by molar-refractivity contribution is 6.33. The van der Waals surface area contributed by atoms with Crippen molar-refractivity contribution < 1.29 is 19.7 Å². The Bertz CT molecular complexity index is 1300. The third-order valence-electron chi connectivity index (χ3n) is 7.71. The topological polar surface area (TPSA) is 62.2 Å². The van der Waals surface area contributed by atoms with Crippen LogP contribution in [0.25, 0.3) is 11.1 Å². The maximum Gasteiger partial charge on any atom is 0.150 e. The quantitative estimate of drug-likeness (QED) is 0.342. The monoisotopic (exact) mass is 519 g/mol. The average molecular weight is 520 g/mol. The van der Waals surface area contributed by atoms with E-state index in [1.54, 1.807) is 30.3 Å². The fourth-order valence-electron chi connectivity index (χ4n) is 5.40. The van der Waals surface area contributed by atoms with Gasteiger partial charge < -0.3 is 19.7 Å². The molecule has 0 radical (unpaired) electrons. The minimum Gasteiger partial charge on any atom is -0.508 e. The van der Waals surface area contributed by atoms with E-state index in [0.29, 0.717) is 23.4 Å². The number of allylic oxidation sites excluding steroid dienone is 1. The highest BCUT2D eigenvalue weighted by Gasteiger charge is 2.31. The molecule has 37 heavy (non-hydrogen) atoms. The van der Waals surface area contributed by atoms with Crippen molar-refractivity contribution in [1.82, 2.24) is 4.90 Å². The maximum absolute atomic E-state index is 10.1. The Hall–Kier alpha value is -3.15. The normalized spacial score (nSPS) is 20.4. The van der Waals surface area contributed by atoms with Gasteiger partial charge in [0.2, 0.25) is 0 Å². The van der Waals surface area contributed by atoms with Crippen LogP contribution in [0.5, 0.6) is 23.0 Å². The predicted octanol–water partition coefficient (Wildman–Crippen LogP) is 7.31. The van der Waals surface area contributed by atoms with Gasteiger partial charge in [0.25, 0.3) is 0 Å². The molecule has 5 rings (SSSR count). The van der Waals surface area contributed by atoms with E-state index in [-0.39, 0.29) is 11.5 Å². The van der Waals surface area contributed by atoms with Gasteiger partial charge in [0.15, 0.2) is 0 Å². The van der Waals surface area contributed by atoms with Crippen molar-refractivity contribution in [3.05, 3.63) is 82.4 Å². The molecule has 6 heteroatoms. The summed E-state index contributed by atoms with van der Waals surface area (Å²) in [5, 5.41) is 20.4. The number of fused-ring (bicyclic) bond motifs is 1. The number of benzene rings is 3. The number of rotatable bonds is 7. The first-order valence-corrected chi connectivity index (χ1v) is 13.4. The molecule has 194 valence electrons. The second-order valence-electron chi connectivity index (χ2n) is 10.2. The van der Waals surface area contributed by atoms with E-state index in [2.05, 4.69) is 18.7 Å². The van der Waals surface area contributed by atoms with Gasteiger partial charge in [-0.3, -0.25) is 4.90 Å². The standard InChI is InChI=1S/C31H34ClNO4/c1-4-21-13-14-33(17-21)19(2)18-36-25-9-5-22(6-10-25)31-30(26-11-7-24(35)16-28(26)32)20(3)27-15-23(34)8-12-29(27)37-31/h5-12,15-16,19,21,31,34-35H,4,13-14,17-18H2,1-3H3/t19-,21+,31?/m0/s1. The third kappa shape index (κ3) is 5.29. The number of phenolic OH excluding ortho intramolecular Hbond substituents is 2. The summed E-state index contributed by atoms with van der Waals surface area (Å²) < 4.78 is 12.6. The molecule has 3 aromatic carbocycles. The van der Waals surface area contributed by atoms with Crippen molar-refractivity contribution in [1.29, 1.82) is 0 Å². The van der Waals surface area contributed by atoms with E-state index in [0.717, 1.165) is 52.6 Å². The van der Waals surface area contributed by atoms with Crippen LogP contribution in [0.2, 0.25) is 5.02 Å². The van der Waals surface area contributed by atoms with Crippen molar-refractivity contribution in [3.8, 4) is 23.0 Å². The van der Waals surface area contributed by atoms with E-state index < -0.39 is 6.10 Å². The van der Waals surface area contributed by atoms with Crippen LogP contribution in [0.4, 0.5) is 0 Å². The van der Waals surface area contributed by atoms with E-state index in [1.807, 2.05) is 31.2 Å². The second kappa shape index (κ2) is 10.7. The molecule has 0 amide bonds. The summed E-state index contributed by atoms with van der Waals surface area (Å²) >= 11 is 6.58. The zero-order valence-corrected chi connectivity index (χ0v) is 22.3. The minimum atomic E-state index is -0.414. The fraction of sp³-hybridized carbons (Fsp3) is 0.355. The highest BCUT2D eigenvalue weighted by atomic mass is 35.5. The second-order valence-corrected chi connectivity index (χ2v) is 10.6. The first kappa shape index (κ1) is 25.5. The third-order valence-corrected chi connectivity index (χ3v) is 8.03. The Morgan fingerprint density at radius 2 is 1.76 bits per heavy atom. The summed E-state index contributed by atoms with van der Waals surface area (Å²) in [4.78, 5) is 2.52. The average Bonchev–Trinajstić information content (AvgIpc) is 3.38. The van der Waals surface area contributed by atoms with Gasteiger partial charge >= 0.3 is 0 Å². The van der Waals surface area contributed by atoms with Crippen LogP contribution in [-0.4, -0.2) is 40.9 Å². The van der Waals surface area contributed by atoms with Crippen LogP contribution >= 0.6 is 11.6 Å². The predicted molar refractivity (Wildman–Crippen MR) is 148 cm³/mol. The number of hydrogen-bond acceptors (Lipinski definition) is 5. The summed E-state index contributed by atoms with van der Waals surface area (Å²) in [6.07, 6.45) is 2.11. The van der Waals surface area contributed by atoms with Crippen molar-refractivity contribution in [2.75, 3.05) is 19.7 Å². The molecule has 3 aromatic rings. The zero-order valence-electron chi connectivity index (χ0n) is 21.6. The van der Waals surface area contributed by atoms with Crippen molar-refractivity contribution in [2.45, 2.75) is 45.8 Å². The molecule has 1 fully saturated rings. The van der Waals surface area contributed by atoms with Gasteiger partial charge in [-0.15, -0.1) is 0 Å². The molecule has 0 bridgehead atoms. The van der Waals surface area contributed by atoms with Gasteiger partial charge in [0.1, 0.15) is 35.7 Å². The Morgan fingerprint density at radius 3 is 2.46 bits per heavy atom. The molecule has 2 aliphatic heterocycles. The summed E-state index contributed by atoms with van der Waals surface area (Å²) in [5.74, 6) is 2.61. The highest BCUT2D eigenvalue weighted by Crippen LogP contribution is 2.49. The van der Waals surface area contributed by atoms with Crippen LogP contribution in [0, 0.1) is 5.92 Å². The van der Waals surface area contributed by atoms with Gasteiger partial charge in [-0.25, -0.2) is 0 Å². The lowest BCUT2D eigenvalue weighted by Crippen LogP contribution is -2.35. The van der Waals surface area contributed by atoms with E-state index in [4.69, 9.17) is 21.1 Å². The van der Waals surface area contributed by atoms with Crippen molar-refractivity contribution >= 4 is 22.7 Å². The van der Waals surface area contributed by atoms with Gasteiger partial charge in [-0.1, -0.05) is 37.1 Å². The lowest BCUT2D eigenvalue weighted by molar-refractivity contribution is 0.168. The molecule has 0 aromatic heterocycles. The fourth-order valence-corrected chi connectivity index (χ4v) is 5.68. The van der Waals surface area contributed by atoms with Gasteiger partial charge in [0, 0.05) is 29.3 Å². The SMILES string of the molecule is CC[C@@H]1CCN([C@@H](C)COc2ccc(C3Oc4ccc(O)cc4C(C)=C3c3ccc(O)cc3Cl)cc2)C1. The van der Waals surface area contributed by atoms with Crippen LogP contribution in [0.3, 0.4) is 0 Å². The molecule has 5 nitrogen and oxygen atoms in total. The lowest BCUT2D eigenvalue weighted by Gasteiger charge is -2.31. The van der Waals surface area contributed by atoms with Crippen LogP contribution < -0.4 is 9.47 Å². The summed E-state index contributed by atoms with van der Waals surface area (Å²) in [5.41, 5.74) is 4.41. The number of aromatic hydroxyl groups is 2. The Labute approximate surface area is 223 Å². The number of ether oxygens (including phenoxy) is 2. The summed E-state index contributed by atoms with van der Waals surface area (Å²) in [6, 6.07) is 18.5. The van der Waals surface area contributed by atoms with E-state index in [9.17, 15) is 10.2 Å². The van der Waals surface area contributed by atoms with E-state index in [1.165, 1.54) is 18.9 Å². The molecular formula is C31H34ClNO4. The lowest BCUT2D eigenvalue weighted by atomic mass is 9.86. The van der Waals surface area contributed by atoms with Gasteiger partial charge in [-0.2, -0.15) is 0 Å². The van der Waals surface area contributed by atoms with Crippen molar-refractivity contribution in [3.63, 3.8) is 0 Å². The smallest absolute Gasteiger partial charge is 0.150 e. The molecule has 2 N–H and O–H groups in total. The summed E-state index contributed by atoms with van der Waals surface area (Å²) in [6.45, 7) is 9.47. The Kier molecular flexibility index (Phi) is 7.36. The molecular weight excluding hydrogens is 486 g/mol. The number of phenols is 2. The zero-order chi connectivity index (χ0) is 26.1. The van der Waals surface area contributed by atoms with Crippen molar-refractivity contribution in [2.24, 2.45) is 5.92 Å². The number of halogens is 1. The van der Waals surface area contributed by atoms with Crippen LogP contribution in [0.1, 0.15) is 56.4 Å². The largest absolute Gasteiger partial charge is 0.508 e. The number of hydrogen-bond donors (Lipinski definition) is 2. The van der Waals surface area contributed by atoms with Crippen LogP contribution in [-0.2, 0) is 0 Å². The van der Waals surface area contributed by atoms with E-state index >= 15 is 0 Å². The molecule has 0 saturated carbocycles. The summed E-state index contributed by atoms with van der Waals surface area (Å²) in [7, 11) is 0. The van der Waals surface area contributed by atoms with Crippen LogP contribution in [0.15, 0.2) is 60.7 Å². The molecule has 0 aliphatic carbocycles. The first-order valence-electron chi connectivity index (χ1n) is 13.0. The number of likely N-dealkylation sites (tertiary alicyclic amines) is 1. The van der Waals surface area contributed by atoms with Gasteiger partial charge in [0.05, 0.1) is 5.02 Å². The molecule has 1 unspecified atom stereocenters. The molecule has 3 atom stereocenters. The maximum atomic E-state index is 10.1. The van der Waals surface area contributed by atoms with Gasteiger partial charge in [-0.05, 0) is 92.4 Å². The minimum absolute atomic E-state index is 0.105. The molecule has 2 heterocycles. The molecule has 1 saturated heterocycles. The number of nitrogens with zero attached hydrogens (tertiary/aromatic N) is 1. The Morgan fingerprint density at radius 1 is 1.03 bits per heavy atom. The molecule has 2 aliphatic rings. The Balaban J connectivity index is 1.40.